The van der Waals surface area contributed by atoms with E-state index in [1.165, 1.54) is 23.3 Å². The van der Waals surface area contributed by atoms with Gasteiger partial charge in [0.25, 0.3) is 11.8 Å². The van der Waals surface area contributed by atoms with Gasteiger partial charge in [-0.2, -0.15) is 0 Å². The third kappa shape index (κ3) is 2.45. The highest BCUT2D eigenvalue weighted by Gasteiger charge is 2.56. The quantitative estimate of drug-likeness (QED) is 0.823. The van der Waals surface area contributed by atoms with E-state index in [2.05, 4.69) is 20.8 Å². The van der Waals surface area contributed by atoms with Crippen molar-refractivity contribution in [1.29, 1.82) is 0 Å². The Balaban J connectivity index is 1.68. The Bertz CT molecular complexity index is 914. The first kappa shape index (κ1) is 16.6. The molecule has 4 rings (SSSR count). The van der Waals surface area contributed by atoms with Gasteiger partial charge in [0.15, 0.2) is 0 Å². The molecule has 0 radical (unpaired) electrons. The summed E-state index contributed by atoms with van der Waals surface area (Å²) in [6.07, 6.45) is 0.342. The second-order valence-electron chi connectivity index (χ2n) is 5.95. The molecule has 2 aliphatic heterocycles. The smallest absolute Gasteiger partial charge is 0.273 e. The molecule has 3 amide bonds. The van der Waals surface area contributed by atoms with Crippen LogP contribution in [-0.2, 0) is 20.9 Å². The molecule has 2 aromatic rings. The number of methoxy groups -OCH3 is 1. The molecule has 2 N–H and O–H groups in total. The number of nitrogens with zero attached hydrogens (tertiary/aromatic N) is 3. The number of fused-ring (bicyclic) bond motifs is 3. The van der Waals surface area contributed by atoms with E-state index in [0.717, 1.165) is 0 Å². The van der Waals surface area contributed by atoms with Gasteiger partial charge >= 0.3 is 0 Å². The molecule has 10 heteroatoms. The van der Waals surface area contributed by atoms with Crippen molar-refractivity contribution in [2.75, 3.05) is 17.3 Å². The van der Waals surface area contributed by atoms with Gasteiger partial charge in [-0.1, -0.05) is 23.5 Å². The van der Waals surface area contributed by atoms with Crippen molar-refractivity contribution in [3.05, 3.63) is 34.8 Å². The van der Waals surface area contributed by atoms with Crippen molar-refractivity contribution >= 4 is 39.9 Å². The Hall–Kier alpha value is -2.85. The summed E-state index contributed by atoms with van der Waals surface area (Å²) in [5.41, 5.74) is -0.661. The molecule has 0 aliphatic carbocycles. The average Bonchev–Trinajstić information content (AvgIpc) is 3.21. The summed E-state index contributed by atoms with van der Waals surface area (Å²) in [6.45, 7) is 0.285. The number of para-hydroxylation sites is 1. The molecular weight excluding hydrogens is 358 g/mol. The highest BCUT2D eigenvalue weighted by molar-refractivity contribution is 7.15. The number of carbonyl (C=O) groups excluding carboxylic acids is 3. The predicted molar refractivity (Wildman–Crippen MR) is 92.6 cm³/mol. The van der Waals surface area contributed by atoms with Gasteiger partial charge in [0.05, 0.1) is 11.3 Å². The zero-order chi connectivity index (χ0) is 18.3. The Labute approximate surface area is 152 Å². The van der Waals surface area contributed by atoms with E-state index in [-0.39, 0.29) is 36.4 Å². The van der Waals surface area contributed by atoms with E-state index >= 15 is 0 Å². The van der Waals surface area contributed by atoms with Crippen LogP contribution < -0.4 is 15.5 Å². The molecule has 26 heavy (non-hydrogen) atoms. The van der Waals surface area contributed by atoms with Gasteiger partial charge < -0.3 is 10.1 Å². The Morgan fingerprint density at radius 3 is 3.00 bits per heavy atom. The number of ether oxygens (including phenoxy) is 1. The lowest BCUT2D eigenvalue weighted by atomic mass is 9.99. The monoisotopic (exact) mass is 373 g/mol. The number of anilines is 2. The summed E-state index contributed by atoms with van der Waals surface area (Å²) < 4.78 is 4.98. The molecule has 1 unspecified atom stereocenters. The topological polar surface area (TPSA) is 114 Å². The number of benzene rings is 1. The van der Waals surface area contributed by atoms with Crippen LogP contribution in [-0.4, -0.2) is 40.7 Å². The molecule has 1 saturated heterocycles. The standard InChI is InChI=1S/C16H15N5O4S/c1-25-8-11-19-20-15(26-11)17-14(24)16-7-6-12(22)21(16)10-5-3-2-4-9(10)13(23)18-16/h2-5H,6-8H2,1H3,(H,18,23)(H,17,20,24). The van der Waals surface area contributed by atoms with Gasteiger partial charge in [-0.3, -0.25) is 24.6 Å². The first-order chi connectivity index (χ1) is 12.5. The van der Waals surface area contributed by atoms with E-state index in [0.29, 0.717) is 16.3 Å². The molecule has 1 aromatic heterocycles. The maximum atomic E-state index is 13.0. The fourth-order valence-corrected chi connectivity index (χ4v) is 3.96. The lowest BCUT2D eigenvalue weighted by Gasteiger charge is -2.41. The summed E-state index contributed by atoms with van der Waals surface area (Å²) >= 11 is 1.17. The molecule has 1 fully saturated rings. The van der Waals surface area contributed by atoms with E-state index in [9.17, 15) is 14.4 Å². The fraction of sp³-hybridized carbons (Fsp3) is 0.312. The molecule has 0 saturated carbocycles. The van der Waals surface area contributed by atoms with Gasteiger partial charge in [-0.15, -0.1) is 10.2 Å². The van der Waals surface area contributed by atoms with E-state index in [1.54, 1.807) is 24.3 Å². The van der Waals surface area contributed by atoms with Crippen LogP contribution in [0.1, 0.15) is 28.2 Å². The minimum absolute atomic E-state index is 0.160. The molecule has 0 bridgehead atoms. The zero-order valence-electron chi connectivity index (χ0n) is 13.8. The maximum absolute atomic E-state index is 13.0. The second kappa shape index (κ2) is 6.15. The largest absolute Gasteiger partial charge is 0.377 e. The van der Waals surface area contributed by atoms with Gasteiger partial charge in [-0.05, 0) is 12.1 Å². The number of aromatic nitrogens is 2. The van der Waals surface area contributed by atoms with Crippen LogP contribution in [0.2, 0.25) is 0 Å². The van der Waals surface area contributed by atoms with Crippen molar-refractivity contribution in [1.82, 2.24) is 15.5 Å². The molecule has 9 nitrogen and oxygen atoms in total. The van der Waals surface area contributed by atoms with Gasteiger partial charge in [0.1, 0.15) is 11.6 Å². The van der Waals surface area contributed by atoms with E-state index < -0.39 is 11.6 Å². The summed E-state index contributed by atoms with van der Waals surface area (Å²) in [6, 6.07) is 6.74. The number of nitrogens with one attached hydrogen (secondary N) is 2. The molecule has 3 heterocycles. The number of amides is 3. The van der Waals surface area contributed by atoms with Gasteiger partial charge in [0.2, 0.25) is 16.7 Å². The summed E-state index contributed by atoms with van der Waals surface area (Å²) in [5, 5.41) is 14.1. The Morgan fingerprint density at radius 1 is 1.38 bits per heavy atom. The minimum atomic E-state index is -1.46. The maximum Gasteiger partial charge on any atom is 0.273 e. The third-order valence-electron chi connectivity index (χ3n) is 4.37. The van der Waals surface area contributed by atoms with Gasteiger partial charge in [-0.25, -0.2) is 0 Å². The van der Waals surface area contributed by atoms with Crippen molar-refractivity contribution in [2.45, 2.75) is 25.1 Å². The van der Waals surface area contributed by atoms with Crippen LogP contribution in [0.15, 0.2) is 24.3 Å². The number of carbonyl (C=O) groups is 3. The highest BCUT2D eigenvalue weighted by Crippen LogP contribution is 2.39. The minimum Gasteiger partial charge on any atom is -0.377 e. The van der Waals surface area contributed by atoms with E-state index in [4.69, 9.17) is 4.74 Å². The van der Waals surface area contributed by atoms with Crippen molar-refractivity contribution in [3.63, 3.8) is 0 Å². The number of rotatable bonds is 4. The van der Waals surface area contributed by atoms with Crippen molar-refractivity contribution in [2.24, 2.45) is 0 Å². The zero-order valence-corrected chi connectivity index (χ0v) is 14.6. The van der Waals surface area contributed by atoms with E-state index in [1.807, 2.05) is 0 Å². The van der Waals surface area contributed by atoms with Crippen molar-refractivity contribution < 1.29 is 19.1 Å². The lowest BCUT2D eigenvalue weighted by molar-refractivity contribution is -0.124. The number of hydrogen-bond acceptors (Lipinski definition) is 7. The molecule has 134 valence electrons. The lowest BCUT2D eigenvalue weighted by Crippen LogP contribution is -2.68. The van der Waals surface area contributed by atoms with Crippen LogP contribution >= 0.6 is 11.3 Å². The summed E-state index contributed by atoms with van der Waals surface area (Å²) in [4.78, 5) is 39.4. The molecule has 1 aromatic carbocycles. The number of hydrogen-bond donors (Lipinski definition) is 2. The summed E-state index contributed by atoms with van der Waals surface area (Å²) in [7, 11) is 1.54. The fourth-order valence-electron chi connectivity index (χ4n) is 3.26. The first-order valence-electron chi connectivity index (χ1n) is 7.92. The molecule has 0 spiro atoms. The van der Waals surface area contributed by atoms with Crippen molar-refractivity contribution in [3.8, 4) is 0 Å². The van der Waals surface area contributed by atoms with Crippen LogP contribution in [0.5, 0.6) is 0 Å². The predicted octanol–water partition coefficient (Wildman–Crippen LogP) is 0.890. The van der Waals surface area contributed by atoms with Crippen LogP contribution in [0.25, 0.3) is 0 Å². The first-order valence-corrected chi connectivity index (χ1v) is 8.74. The molecule has 1 atom stereocenters. The Morgan fingerprint density at radius 2 is 2.19 bits per heavy atom. The summed E-state index contributed by atoms with van der Waals surface area (Å²) in [5.74, 6) is -1.13. The third-order valence-corrected chi connectivity index (χ3v) is 5.18. The Kier molecular flexibility index (Phi) is 3.93. The SMILES string of the molecule is COCc1nnc(NC(=O)C23CCC(=O)N2c2ccccc2C(=O)N3)s1. The molecular formula is C16H15N5O4S. The second-order valence-corrected chi connectivity index (χ2v) is 7.01. The van der Waals surface area contributed by atoms with Crippen LogP contribution in [0, 0.1) is 0 Å². The molecule has 2 aliphatic rings. The van der Waals surface area contributed by atoms with Gasteiger partial charge in [0, 0.05) is 20.0 Å². The normalized spacial score (nSPS) is 21.2. The highest BCUT2D eigenvalue weighted by atomic mass is 32.1. The average molecular weight is 373 g/mol. The van der Waals surface area contributed by atoms with Crippen LogP contribution in [0.4, 0.5) is 10.8 Å². The van der Waals surface area contributed by atoms with Crippen LogP contribution in [0.3, 0.4) is 0 Å².